The highest BCUT2D eigenvalue weighted by Gasteiger charge is 2.15. The normalized spacial score (nSPS) is 15.9. The quantitative estimate of drug-likeness (QED) is 0.647. The van der Waals surface area contributed by atoms with E-state index in [1.807, 2.05) is 0 Å². The molecule has 5 nitrogen and oxygen atoms in total. The molecule has 12 heavy (non-hydrogen) atoms. The number of rotatable bonds is 4. The van der Waals surface area contributed by atoms with Gasteiger partial charge in [-0.25, -0.2) is 22.0 Å². The lowest BCUT2D eigenvalue weighted by Crippen LogP contribution is -2.25. The number of sulfonamides is 1. The van der Waals surface area contributed by atoms with Crippen LogP contribution in [0.25, 0.3) is 0 Å². The van der Waals surface area contributed by atoms with Crippen molar-refractivity contribution >= 4 is 19.9 Å². The van der Waals surface area contributed by atoms with Crippen molar-refractivity contribution in [3.8, 4) is 0 Å². The minimum Gasteiger partial charge on any atom is -0.229 e. The minimum atomic E-state index is -3.56. The van der Waals surface area contributed by atoms with E-state index < -0.39 is 25.8 Å². The first-order chi connectivity index (χ1) is 5.10. The summed E-state index contributed by atoms with van der Waals surface area (Å²) in [5, 5.41) is 4.73. The molecule has 0 bridgehead atoms. The number of primary sulfonamides is 1. The van der Waals surface area contributed by atoms with E-state index in [1.54, 1.807) is 0 Å². The molecule has 7 heteroatoms. The van der Waals surface area contributed by atoms with Gasteiger partial charge in [0, 0.05) is 6.26 Å². The zero-order valence-electron chi connectivity index (χ0n) is 7.02. The monoisotopic (exact) mass is 215 g/mol. The number of hydrogen-bond donors (Lipinski definition) is 1. The fraction of sp³-hybridized carbons (Fsp3) is 1.00. The Kier molecular flexibility index (Phi) is 3.67. The van der Waals surface area contributed by atoms with Gasteiger partial charge in [0.1, 0.15) is 9.84 Å². The Morgan fingerprint density at radius 2 is 1.58 bits per heavy atom. The maximum atomic E-state index is 10.7. The van der Waals surface area contributed by atoms with E-state index in [2.05, 4.69) is 0 Å². The van der Waals surface area contributed by atoms with Crippen molar-refractivity contribution in [2.24, 2.45) is 11.1 Å². The molecule has 0 aromatic carbocycles. The molecule has 0 fully saturated rings. The van der Waals surface area contributed by atoms with Crippen LogP contribution >= 0.6 is 0 Å². The number of nitrogens with two attached hydrogens (primary N) is 1. The highest BCUT2D eigenvalue weighted by molar-refractivity contribution is 7.91. The smallest absolute Gasteiger partial charge is 0.209 e. The van der Waals surface area contributed by atoms with Crippen LogP contribution in [0, 0.1) is 5.92 Å². The molecule has 0 aromatic heterocycles. The first-order valence-electron chi connectivity index (χ1n) is 3.28. The molecule has 1 unspecified atom stereocenters. The van der Waals surface area contributed by atoms with Crippen molar-refractivity contribution in [1.29, 1.82) is 0 Å². The lowest BCUT2D eigenvalue weighted by Gasteiger charge is -2.06. The van der Waals surface area contributed by atoms with Gasteiger partial charge >= 0.3 is 0 Å². The molecule has 0 saturated carbocycles. The predicted molar refractivity (Wildman–Crippen MR) is 46.8 cm³/mol. The molecule has 0 saturated heterocycles. The van der Waals surface area contributed by atoms with Gasteiger partial charge in [0.25, 0.3) is 0 Å². The van der Waals surface area contributed by atoms with Crippen LogP contribution in [-0.4, -0.2) is 34.6 Å². The summed E-state index contributed by atoms with van der Waals surface area (Å²) in [5.74, 6) is -0.890. The Labute approximate surface area is 72.9 Å². The summed E-state index contributed by atoms with van der Waals surface area (Å²) >= 11 is 0. The van der Waals surface area contributed by atoms with Gasteiger partial charge in [-0.2, -0.15) is 0 Å². The largest absolute Gasteiger partial charge is 0.229 e. The first kappa shape index (κ1) is 11.9. The van der Waals surface area contributed by atoms with E-state index in [0.717, 1.165) is 6.26 Å². The van der Waals surface area contributed by atoms with Crippen molar-refractivity contribution in [2.75, 3.05) is 17.8 Å². The lowest BCUT2D eigenvalue weighted by molar-refractivity contribution is 0.574. The third-order valence-corrected chi connectivity index (χ3v) is 3.31. The molecule has 0 amide bonds. The molecule has 0 aromatic rings. The molecule has 74 valence electrons. The van der Waals surface area contributed by atoms with E-state index in [9.17, 15) is 16.8 Å². The molecule has 0 aliphatic rings. The van der Waals surface area contributed by atoms with Gasteiger partial charge in [0.2, 0.25) is 10.0 Å². The van der Waals surface area contributed by atoms with E-state index in [1.165, 1.54) is 6.92 Å². The van der Waals surface area contributed by atoms with E-state index in [0.29, 0.717) is 0 Å². The van der Waals surface area contributed by atoms with Crippen LogP contribution in [0.3, 0.4) is 0 Å². The third kappa shape index (κ3) is 7.96. The molecule has 0 aliphatic carbocycles. The summed E-state index contributed by atoms with van der Waals surface area (Å²) in [6.07, 6.45) is 1.06. The molecule has 0 spiro atoms. The fourth-order valence-corrected chi connectivity index (χ4v) is 3.17. The Bertz CT molecular complexity index is 294. The summed E-state index contributed by atoms with van der Waals surface area (Å²) in [5.41, 5.74) is 0. The Morgan fingerprint density at radius 1 is 1.17 bits per heavy atom. The van der Waals surface area contributed by atoms with Crippen molar-refractivity contribution in [1.82, 2.24) is 0 Å². The summed E-state index contributed by atoms with van der Waals surface area (Å²) in [6.45, 7) is 1.53. The third-order valence-electron chi connectivity index (χ3n) is 1.10. The van der Waals surface area contributed by atoms with Gasteiger partial charge in [-0.1, -0.05) is 6.92 Å². The Morgan fingerprint density at radius 3 is 1.83 bits per heavy atom. The molecule has 0 heterocycles. The molecular formula is C5H13NO4S2. The number of sulfone groups is 1. The van der Waals surface area contributed by atoms with Crippen molar-refractivity contribution in [3.05, 3.63) is 0 Å². The van der Waals surface area contributed by atoms with Crippen LogP contribution in [0.5, 0.6) is 0 Å². The predicted octanol–water partition coefficient (Wildman–Crippen LogP) is -1.04. The highest BCUT2D eigenvalue weighted by Crippen LogP contribution is 2.01. The average Bonchev–Trinajstić information content (AvgIpc) is 1.49. The van der Waals surface area contributed by atoms with Crippen molar-refractivity contribution in [2.45, 2.75) is 6.92 Å². The van der Waals surface area contributed by atoms with Gasteiger partial charge < -0.3 is 0 Å². The number of hydrogen-bond acceptors (Lipinski definition) is 4. The van der Waals surface area contributed by atoms with Crippen LogP contribution in [-0.2, 0) is 19.9 Å². The molecule has 0 radical (unpaired) electrons. The van der Waals surface area contributed by atoms with E-state index in [-0.39, 0.29) is 11.5 Å². The van der Waals surface area contributed by atoms with Gasteiger partial charge in [-0.05, 0) is 5.92 Å². The standard InChI is InChI=1S/C5H13NO4S2/c1-5(3-11(2,7)8)4-12(6,9)10/h5H,3-4H2,1-2H3,(H2,6,9,10). The maximum Gasteiger partial charge on any atom is 0.209 e. The molecular weight excluding hydrogens is 202 g/mol. The van der Waals surface area contributed by atoms with Crippen LogP contribution in [0.2, 0.25) is 0 Å². The second kappa shape index (κ2) is 3.71. The minimum absolute atomic E-state index is 0.149. The Hall–Kier alpha value is -0.140. The van der Waals surface area contributed by atoms with Gasteiger partial charge in [-0.3, -0.25) is 0 Å². The van der Waals surface area contributed by atoms with Gasteiger partial charge in [0.15, 0.2) is 0 Å². The lowest BCUT2D eigenvalue weighted by atomic mass is 10.3. The topological polar surface area (TPSA) is 94.3 Å². The van der Waals surface area contributed by atoms with Crippen LogP contribution in [0.15, 0.2) is 0 Å². The van der Waals surface area contributed by atoms with E-state index >= 15 is 0 Å². The van der Waals surface area contributed by atoms with Crippen molar-refractivity contribution in [3.63, 3.8) is 0 Å². The molecule has 0 aliphatic heterocycles. The molecule has 1 atom stereocenters. The summed E-state index contributed by atoms with van der Waals surface area (Å²) in [6, 6.07) is 0. The fourth-order valence-electron chi connectivity index (χ4n) is 0.962. The second-order valence-corrected chi connectivity index (χ2v) is 6.87. The van der Waals surface area contributed by atoms with Crippen LogP contribution in [0.4, 0.5) is 0 Å². The van der Waals surface area contributed by atoms with Crippen LogP contribution < -0.4 is 5.14 Å². The zero-order chi connectivity index (χ0) is 9.99. The zero-order valence-corrected chi connectivity index (χ0v) is 8.65. The second-order valence-electron chi connectivity index (χ2n) is 3.03. The van der Waals surface area contributed by atoms with Crippen molar-refractivity contribution < 1.29 is 16.8 Å². The summed E-state index contributed by atoms with van der Waals surface area (Å²) < 4.78 is 42.4. The first-order valence-corrected chi connectivity index (χ1v) is 7.06. The Balaban J connectivity index is 4.19. The summed E-state index contributed by atoms with van der Waals surface area (Å²) in [7, 11) is -6.68. The molecule has 0 rings (SSSR count). The van der Waals surface area contributed by atoms with Gasteiger partial charge in [-0.15, -0.1) is 0 Å². The average molecular weight is 215 g/mol. The molecule has 2 N–H and O–H groups in total. The maximum absolute atomic E-state index is 10.7. The van der Waals surface area contributed by atoms with E-state index in [4.69, 9.17) is 5.14 Å². The van der Waals surface area contributed by atoms with Gasteiger partial charge in [0.05, 0.1) is 11.5 Å². The highest BCUT2D eigenvalue weighted by atomic mass is 32.2. The summed E-state index contributed by atoms with van der Waals surface area (Å²) in [4.78, 5) is 0. The van der Waals surface area contributed by atoms with Crippen LogP contribution in [0.1, 0.15) is 6.92 Å². The SMILES string of the molecule is CC(CS(C)(=O)=O)CS(N)(=O)=O.